The van der Waals surface area contributed by atoms with Gasteiger partial charge in [-0.2, -0.15) is 0 Å². The smallest absolute Gasteiger partial charge is 0.270 e. The van der Waals surface area contributed by atoms with Gasteiger partial charge in [0.2, 0.25) is 0 Å². The van der Waals surface area contributed by atoms with Crippen LogP contribution in [0.3, 0.4) is 0 Å². The molecule has 1 fully saturated rings. The van der Waals surface area contributed by atoms with Crippen LogP contribution in [0.25, 0.3) is 0 Å². The number of nitrogens with one attached hydrogen (secondary N) is 1. The molecule has 4 nitrogen and oxygen atoms in total. The fourth-order valence-electron chi connectivity index (χ4n) is 1.55. The van der Waals surface area contributed by atoms with Gasteiger partial charge >= 0.3 is 0 Å². The number of pyridine rings is 1. The van der Waals surface area contributed by atoms with Gasteiger partial charge in [0.05, 0.1) is 6.04 Å². The molecule has 1 aromatic rings. The third-order valence-corrected chi connectivity index (χ3v) is 2.30. The molecule has 74 valence electrons. The van der Waals surface area contributed by atoms with Crippen molar-refractivity contribution in [3.05, 3.63) is 30.1 Å². The summed E-state index contributed by atoms with van der Waals surface area (Å²) in [5.41, 5.74) is 0.488. The molecule has 0 bridgehead atoms. The van der Waals surface area contributed by atoms with Crippen molar-refractivity contribution in [2.75, 3.05) is 20.1 Å². The molecule has 4 heteroatoms. The van der Waals surface area contributed by atoms with Crippen molar-refractivity contribution in [1.29, 1.82) is 0 Å². The topological polar surface area (TPSA) is 45.2 Å². The Morgan fingerprint density at radius 3 is 2.93 bits per heavy atom. The van der Waals surface area contributed by atoms with Gasteiger partial charge in [-0.25, -0.2) is 0 Å². The molecule has 1 saturated heterocycles. The van der Waals surface area contributed by atoms with E-state index in [1.807, 2.05) is 13.1 Å². The molecule has 2 heterocycles. The maximum Gasteiger partial charge on any atom is 0.270 e. The summed E-state index contributed by atoms with van der Waals surface area (Å²) in [7, 11) is 2.03. The van der Waals surface area contributed by atoms with E-state index in [0.29, 0.717) is 5.69 Å². The van der Waals surface area contributed by atoms with E-state index in [1.54, 1.807) is 18.3 Å². The fraction of sp³-hybridized carbons (Fsp3) is 0.400. The van der Waals surface area contributed by atoms with Crippen LogP contribution >= 0.6 is 0 Å². The van der Waals surface area contributed by atoms with Gasteiger partial charge in [0.15, 0.2) is 0 Å². The molecule has 0 radical (unpaired) electrons. The van der Waals surface area contributed by atoms with Crippen molar-refractivity contribution in [2.24, 2.45) is 0 Å². The first-order valence-electron chi connectivity index (χ1n) is 4.66. The molecule has 1 aromatic heterocycles. The first-order valence-corrected chi connectivity index (χ1v) is 4.66. The Morgan fingerprint density at radius 1 is 1.57 bits per heavy atom. The number of hydrogen-bond donors (Lipinski definition) is 1. The third kappa shape index (κ3) is 1.90. The van der Waals surface area contributed by atoms with Crippen molar-refractivity contribution in [1.82, 2.24) is 15.2 Å². The lowest BCUT2D eigenvalue weighted by atomic mass is 10.1. The summed E-state index contributed by atoms with van der Waals surface area (Å²) in [5.74, 6) is -0.0799. The number of likely N-dealkylation sites (N-methyl/N-ethyl adjacent to an activating group) is 1. The molecular formula is C10H13N3O. The second-order valence-corrected chi connectivity index (χ2v) is 3.61. The van der Waals surface area contributed by atoms with Crippen LogP contribution in [-0.2, 0) is 0 Å². The van der Waals surface area contributed by atoms with Crippen LogP contribution in [0.1, 0.15) is 10.5 Å². The van der Waals surface area contributed by atoms with Crippen LogP contribution in [0.4, 0.5) is 0 Å². The van der Waals surface area contributed by atoms with Gasteiger partial charge in [0.1, 0.15) is 5.69 Å². The van der Waals surface area contributed by atoms with Crippen LogP contribution in [0.15, 0.2) is 24.4 Å². The largest absolute Gasteiger partial charge is 0.345 e. The van der Waals surface area contributed by atoms with Crippen molar-refractivity contribution < 1.29 is 4.79 Å². The molecule has 0 aromatic carbocycles. The highest BCUT2D eigenvalue weighted by molar-refractivity contribution is 5.92. The monoisotopic (exact) mass is 191 g/mol. The Balaban J connectivity index is 1.90. The molecule has 1 amide bonds. The maximum atomic E-state index is 11.6. The Labute approximate surface area is 82.9 Å². The maximum absolute atomic E-state index is 11.6. The summed E-state index contributed by atoms with van der Waals surface area (Å²) in [5, 5.41) is 2.92. The number of carbonyl (C=O) groups excluding carboxylic acids is 1. The van der Waals surface area contributed by atoms with Crippen molar-refractivity contribution >= 4 is 5.91 Å². The molecule has 1 aliphatic heterocycles. The van der Waals surface area contributed by atoms with Crippen molar-refractivity contribution in [3.8, 4) is 0 Å². The minimum Gasteiger partial charge on any atom is -0.345 e. The van der Waals surface area contributed by atoms with E-state index in [2.05, 4.69) is 15.2 Å². The van der Waals surface area contributed by atoms with Crippen LogP contribution in [0, 0.1) is 0 Å². The van der Waals surface area contributed by atoms with Crippen LogP contribution in [0.2, 0.25) is 0 Å². The quantitative estimate of drug-likeness (QED) is 0.722. The minimum atomic E-state index is -0.0799. The van der Waals surface area contributed by atoms with E-state index in [0.717, 1.165) is 13.1 Å². The molecule has 1 aliphatic rings. The molecule has 0 spiro atoms. The van der Waals surface area contributed by atoms with Gasteiger partial charge in [0.25, 0.3) is 5.91 Å². The average Bonchev–Trinajstić information content (AvgIpc) is 2.17. The Kier molecular flexibility index (Phi) is 2.45. The molecule has 0 unspecified atom stereocenters. The van der Waals surface area contributed by atoms with E-state index in [-0.39, 0.29) is 11.9 Å². The van der Waals surface area contributed by atoms with Gasteiger partial charge in [-0.15, -0.1) is 0 Å². The summed E-state index contributed by atoms with van der Waals surface area (Å²) in [6.07, 6.45) is 1.63. The fourth-order valence-corrected chi connectivity index (χ4v) is 1.55. The van der Waals surface area contributed by atoms with Crippen LogP contribution < -0.4 is 5.32 Å². The van der Waals surface area contributed by atoms with E-state index in [4.69, 9.17) is 0 Å². The minimum absolute atomic E-state index is 0.0799. The highest BCUT2D eigenvalue weighted by atomic mass is 16.2. The third-order valence-electron chi connectivity index (χ3n) is 2.30. The zero-order valence-corrected chi connectivity index (χ0v) is 8.10. The second-order valence-electron chi connectivity index (χ2n) is 3.61. The first kappa shape index (κ1) is 9.15. The number of rotatable bonds is 2. The number of nitrogens with zero attached hydrogens (tertiary/aromatic N) is 2. The molecule has 14 heavy (non-hydrogen) atoms. The van der Waals surface area contributed by atoms with E-state index in [1.165, 1.54) is 0 Å². The Morgan fingerprint density at radius 2 is 2.36 bits per heavy atom. The normalized spacial score (nSPS) is 17.5. The number of hydrogen-bond acceptors (Lipinski definition) is 3. The van der Waals surface area contributed by atoms with Crippen LogP contribution in [0.5, 0.6) is 0 Å². The highest BCUT2D eigenvalue weighted by Gasteiger charge is 2.25. The first-order chi connectivity index (χ1) is 6.75. The average molecular weight is 191 g/mol. The van der Waals surface area contributed by atoms with Crippen LogP contribution in [-0.4, -0.2) is 42.0 Å². The van der Waals surface area contributed by atoms with Gasteiger partial charge < -0.3 is 10.2 Å². The second kappa shape index (κ2) is 3.75. The molecular weight excluding hydrogens is 178 g/mol. The molecule has 0 atom stereocenters. The molecule has 2 rings (SSSR count). The van der Waals surface area contributed by atoms with Crippen molar-refractivity contribution in [2.45, 2.75) is 6.04 Å². The summed E-state index contributed by atoms with van der Waals surface area (Å²) < 4.78 is 0. The Hall–Kier alpha value is -1.42. The van der Waals surface area contributed by atoms with E-state index >= 15 is 0 Å². The summed E-state index contributed by atoms with van der Waals surface area (Å²) in [4.78, 5) is 17.7. The molecule has 0 aliphatic carbocycles. The predicted octanol–water partition coefficient (Wildman–Crippen LogP) is 0.125. The summed E-state index contributed by atoms with van der Waals surface area (Å²) >= 11 is 0. The van der Waals surface area contributed by atoms with Gasteiger partial charge in [-0.05, 0) is 19.2 Å². The SMILES string of the molecule is CN1CC(NC(=O)c2ccccn2)C1. The number of carbonyl (C=O) groups is 1. The van der Waals surface area contributed by atoms with Gasteiger partial charge in [0, 0.05) is 19.3 Å². The standard InChI is InChI=1S/C10H13N3O/c1-13-6-8(7-13)12-10(14)9-4-2-3-5-11-9/h2-5,8H,6-7H2,1H3,(H,12,14). The predicted molar refractivity (Wildman–Crippen MR) is 53.0 cm³/mol. The zero-order chi connectivity index (χ0) is 9.97. The van der Waals surface area contributed by atoms with Gasteiger partial charge in [-0.1, -0.05) is 6.07 Å². The lowest BCUT2D eigenvalue weighted by Crippen LogP contribution is -2.57. The molecule has 0 saturated carbocycles. The lowest BCUT2D eigenvalue weighted by molar-refractivity contribution is 0.0853. The summed E-state index contributed by atoms with van der Waals surface area (Å²) in [6, 6.07) is 5.62. The zero-order valence-electron chi connectivity index (χ0n) is 8.10. The van der Waals surface area contributed by atoms with Crippen molar-refractivity contribution in [3.63, 3.8) is 0 Å². The lowest BCUT2D eigenvalue weighted by Gasteiger charge is -2.36. The van der Waals surface area contributed by atoms with E-state index in [9.17, 15) is 4.79 Å². The number of amides is 1. The Bertz CT molecular complexity index is 319. The highest BCUT2D eigenvalue weighted by Crippen LogP contribution is 2.04. The van der Waals surface area contributed by atoms with E-state index < -0.39 is 0 Å². The van der Waals surface area contributed by atoms with Gasteiger partial charge in [-0.3, -0.25) is 9.78 Å². The molecule has 1 N–H and O–H groups in total. The summed E-state index contributed by atoms with van der Waals surface area (Å²) in [6.45, 7) is 1.86. The number of likely N-dealkylation sites (tertiary alicyclic amines) is 1. The number of aromatic nitrogens is 1.